The maximum Gasteiger partial charge on any atom is 0.302 e. The molecule has 0 spiro atoms. The molecule has 0 aromatic heterocycles. The fraction of sp³-hybridized carbons (Fsp3) is 0.839. The minimum absolute atomic E-state index is 0.00816. The number of nitrogens with zero attached hydrogens (tertiary/aromatic N) is 1. The zero-order valence-electron chi connectivity index (χ0n) is 23.3. The lowest BCUT2D eigenvalue weighted by Crippen LogP contribution is -2.51. The first-order valence-corrected chi connectivity index (χ1v) is 14.6. The van der Waals surface area contributed by atoms with Crippen LogP contribution in [0, 0.1) is 46.3 Å². The lowest BCUT2D eigenvalue weighted by molar-refractivity contribution is -0.150. The van der Waals surface area contributed by atoms with Gasteiger partial charge in [-0.1, -0.05) is 39.3 Å². The first-order valence-electron chi connectivity index (χ1n) is 14.6. The van der Waals surface area contributed by atoms with Crippen LogP contribution in [-0.2, 0) is 19.1 Å². The number of rotatable bonds is 4. The van der Waals surface area contributed by atoms with E-state index in [0.717, 1.165) is 45.1 Å². The highest BCUT2D eigenvalue weighted by Crippen LogP contribution is 2.67. The number of allylic oxidation sites excluding steroid dienone is 1. The molecule has 3 fully saturated rings. The summed E-state index contributed by atoms with van der Waals surface area (Å²) in [5.41, 5.74) is 3.25. The van der Waals surface area contributed by atoms with Crippen molar-refractivity contribution in [3.8, 4) is 0 Å². The molecule has 0 aromatic carbocycles. The Kier molecular flexibility index (Phi) is 6.91. The molecule has 0 unspecified atom stereocenters. The van der Waals surface area contributed by atoms with Crippen molar-refractivity contribution in [1.82, 2.24) is 0 Å². The van der Waals surface area contributed by atoms with Gasteiger partial charge in [0, 0.05) is 44.4 Å². The molecule has 0 aromatic rings. The maximum absolute atomic E-state index is 12.2. The van der Waals surface area contributed by atoms with Gasteiger partial charge in [-0.3, -0.25) is 14.6 Å². The molecular formula is C31H47NO4. The Hall–Kier alpha value is -1.65. The smallest absolute Gasteiger partial charge is 0.302 e. The second-order valence-corrected chi connectivity index (χ2v) is 13.5. The molecule has 1 aliphatic heterocycles. The fourth-order valence-electron chi connectivity index (χ4n) is 9.63. The molecule has 0 radical (unpaired) electrons. The van der Waals surface area contributed by atoms with Crippen LogP contribution in [-0.4, -0.2) is 36.4 Å². The van der Waals surface area contributed by atoms with Gasteiger partial charge in [-0.15, -0.1) is 0 Å². The summed E-state index contributed by atoms with van der Waals surface area (Å²) in [6, 6.07) is 0. The predicted molar refractivity (Wildman–Crippen MR) is 142 cm³/mol. The highest BCUT2D eigenvalue weighted by Gasteiger charge is 2.63. The fourth-order valence-corrected chi connectivity index (χ4v) is 9.63. The molecule has 36 heavy (non-hydrogen) atoms. The monoisotopic (exact) mass is 497 g/mol. The molecule has 0 N–H and O–H groups in total. The summed E-state index contributed by atoms with van der Waals surface area (Å²) < 4.78 is 11.7. The van der Waals surface area contributed by atoms with Crippen molar-refractivity contribution in [1.29, 1.82) is 0 Å². The summed E-state index contributed by atoms with van der Waals surface area (Å²) in [4.78, 5) is 28.8. The Morgan fingerprint density at radius 2 is 1.81 bits per heavy atom. The molecule has 1 heterocycles. The molecule has 10 atom stereocenters. The van der Waals surface area contributed by atoms with Crippen LogP contribution in [0.1, 0.15) is 99.3 Å². The third kappa shape index (κ3) is 4.36. The Balaban J connectivity index is 1.43. The van der Waals surface area contributed by atoms with Crippen molar-refractivity contribution in [2.45, 2.75) is 112 Å². The third-order valence-electron chi connectivity index (χ3n) is 11.4. The van der Waals surface area contributed by atoms with Crippen molar-refractivity contribution in [3.63, 3.8) is 0 Å². The Bertz CT molecular complexity index is 954. The number of hydrogen-bond acceptors (Lipinski definition) is 5. The SMILES string of the molecule is CC(=O)O[C@H]1CC[C@@]2(C)C(=CC[C@H]3[C@@H]4C[C@H](OC(C)=O)[C@H]([C@H](C)C5=NC[C@@H](C)CC5)[C@@]4(C)CC[C@@H]32)C1. The van der Waals surface area contributed by atoms with Crippen LogP contribution in [0.3, 0.4) is 0 Å². The molecule has 0 bridgehead atoms. The Morgan fingerprint density at radius 3 is 2.47 bits per heavy atom. The minimum Gasteiger partial charge on any atom is -0.462 e. The van der Waals surface area contributed by atoms with Gasteiger partial charge in [-0.2, -0.15) is 0 Å². The predicted octanol–water partition coefficient (Wildman–Crippen LogP) is 6.55. The van der Waals surface area contributed by atoms with Gasteiger partial charge in [0.25, 0.3) is 0 Å². The van der Waals surface area contributed by atoms with E-state index in [4.69, 9.17) is 14.5 Å². The van der Waals surface area contributed by atoms with E-state index in [2.05, 4.69) is 33.8 Å². The van der Waals surface area contributed by atoms with Crippen molar-refractivity contribution in [2.75, 3.05) is 6.54 Å². The quantitative estimate of drug-likeness (QED) is 0.326. The van der Waals surface area contributed by atoms with Crippen LogP contribution in [0.25, 0.3) is 0 Å². The van der Waals surface area contributed by atoms with Gasteiger partial charge >= 0.3 is 11.9 Å². The van der Waals surface area contributed by atoms with Crippen LogP contribution >= 0.6 is 0 Å². The maximum atomic E-state index is 12.2. The minimum atomic E-state index is -0.161. The number of carbonyl (C=O) groups is 2. The number of esters is 2. The first kappa shape index (κ1) is 26.0. The number of hydrogen-bond donors (Lipinski definition) is 0. The van der Waals surface area contributed by atoms with Crippen molar-refractivity contribution in [3.05, 3.63) is 11.6 Å². The number of ether oxygens (including phenoxy) is 2. The molecule has 3 saturated carbocycles. The summed E-state index contributed by atoms with van der Waals surface area (Å²) in [5.74, 6) is 2.93. The van der Waals surface area contributed by atoms with Gasteiger partial charge in [-0.05, 0) is 85.9 Å². The highest BCUT2D eigenvalue weighted by atomic mass is 16.5. The van der Waals surface area contributed by atoms with E-state index in [9.17, 15) is 9.59 Å². The Morgan fingerprint density at radius 1 is 1.06 bits per heavy atom. The van der Waals surface area contributed by atoms with Crippen molar-refractivity contribution >= 4 is 17.7 Å². The standard InChI is InChI=1S/C31H47NO4/c1-18-7-10-27(32-17-18)19(2)29-28(36-21(4)34)16-26-24-9-8-22-15-23(35-20(3)33)11-13-30(22,5)25(24)12-14-31(26,29)6/h8,18-19,23-26,28-29H,7,9-17H2,1-6H3/t18-,19+,23-,24+,25-,26-,28-,29-,30-,31-/m0/s1. The average Bonchev–Trinajstić information content (AvgIpc) is 3.10. The number of carbonyl (C=O) groups excluding carboxylic acids is 2. The van der Waals surface area contributed by atoms with E-state index < -0.39 is 0 Å². The van der Waals surface area contributed by atoms with Gasteiger partial charge in [-0.25, -0.2) is 0 Å². The zero-order chi connectivity index (χ0) is 25.8. The van der Waals surface area contributed by atoms with Crippen LogP contribution in [0.15, 0.2) is 16.6 Å². The largest absolute Gasteiger partial charge is 0.462 e. The van der Waals surface area contributed by atoms with Crippen LogP contribution < -0.4 is 0 Å². The van der Waals surface area contributed by atoms with Crippen LogP contribution in [0.4, 0.5) is 0 Å². The van der Waals surface area contributed by atoms with E-state index in [0.29, 0.717) is 35.5 Å². The van der Waals surface area contributed by atoms with E-state index in [-0.39, 0.29) is 35.0 Å². The molecule has 5 aliphatic rings. The van der Waals surface area contributed by atoms with Gasteiger partial charge in [0.15, 0.2) is 0 Å². The van der Waals surface area contributed by atoms with Crippen molar-refractivity contribution < 1.29 is 19.1 Å². The highest BCUT2D eigenvalue weighted by molar-refractivity contribution is 5.87. The summed E-state index contributed by atoms with van der Waals surface area (Å²) in [5, 5.41) is 0. The second-order valence-electron chi connectivity index (χ2n) is 13.5. The summed E-state index contributed by atoms with van der Waals surface area (Å²) in [7, 11) is 0. The zero-order valence-corrected chi connectivity index (χ0v) is 23.3. The average molecular weight is 498 g/mol. The summed E-state index contributed by atoms with van der Waals surface area (Å²) >= 11 is 0. The molecule has 5 heteroatoms. The van der Waals surface area contributed by atoms with E-state index in [1.54, 1.807) is 6.92 Å². The molecule has 200 valence electrons. The van der Waals surface area contributed by atoms with E-state index >= 15 is 0 Å². The summed E-state index contributed by atoms with van der Waals surface area (Å²) in [6.07, 6.45) is 12.3. The second kappa shape index (κ2) is 9.58. The lowest BCUT2D eigenvalue weighted by Gasteiger charge is -2.58. The number of aliphatic imine (C=N–C) groups is 1. The molecule has 0 saturated heterocycles. The van der Waals surface area contributed by atoms with Crippen molar-refractivity contribution in [2.24, 2.45) is 51.3 Å². The van der Waals surface area contributed by atoms with Gasteiger partial charge in [0.05, 0.1) is 0 Å². The van der Waals surface area contributed by atoms with E-state index in [1.807, 2.05) is 0 Å². The van der Waals surface area contributed by atoms with Gasteiger partial charge < -0.3 is 9.47 Å². The molecule has 0 amide bonds. The first-order chi connectivity index (χ1) is 17.0. The molecule has 5 nitrogen and oxygen atoms in total. The Labute approximate surface area is 217 Å². The van der Waals surface area contributed by atoms with Gasteiger partial charge in [0.2, 0.25) is 0 Å². The van der Waals surface area contributed by atoms with Gasteiger partial charge in [0.1, 0.15) is 12.2 Å². The lowest BCUT2D eigenvalue weighted by atomic mass is 9.47. The molecular weight excluding hydrogens is 450 g/mol. The van der Waals surface area contributed by atoms with Crippen LogP contribution in [0.5, 0.6) is 0 Å². The summed E-state index contributed by atoms with van der Waals surface area (Å²) in [6.45, 7) is 13.7. The van der Waals surface area contributed by atoms with E-state index in [1.165, 1.54) is 37.5 Å². The van der Waals surface area contributed by atoms with Crippen LogP contribution in [0.2, 0.25) is 0 Å². The normalized spacial score (nSPS) is 44.8. The third-order valence-corrected chi connectivity index (χ3v) is 11.4. The molecule has 4 aliphatic carbocycles. The number of fused-ring (bicyclic) bond motifs is 5. The topological polar surface area (TPSA) is 65.0 Å². The molecule has 5 rings (SSSR count).